The van der Waals surface area contributed by atoms with E-state index >= 15 is 0 Å². The fourth-order valence-corrected chi connectivity index (χ4v) is 3.45. The molecule has 1 aliphatic rings. The van der Waals surface area contributed by atoms with Crippen LogP contribution in [0.4, 0.5) is 0 Å². The summed E-state index contributed by atoms with van der Waals surface area (Å²) in [6.45, 7) is 4.28. The van der Waals surface area contributed by atoms with Crippen molar-refractivity contribution in [3.63, 3.8) is 0 Å². The van der Waals surface area contributed by atoms with Crippen LogP contribution in [0.5, 0.6) is 5.88 Å². The summed E-state index contributed by atoms with van der Waals surface area (Å²) in [4.78, 5) is 4.27. The maximum absolute atomic E-state index is 5.49. The van der Waals surface area contributed by atoms with Crippen LogP contribution in [0.25, 0.3) is 5.52 Å². The average Bonchev–Trinajstić information content (AvgIpc) is 3.33. The Labute approximate surface area is 142 Å². The Bertz CT molecular complexity index is 873. The van der Waals surface area contributed by atoms with Crippen molar-refractivity contribution in [3.05, 3.63) is 58.5 Å². The molecule has 0 spiro atoms. The Kier molecular flexibility index (Phi) is 3.75. The van der Waals surface area contributed by atoms with Crippen molar-refractivity contribution < 1.29 is 4.74 Å². The monoisotopic (exact) mass is 321 g/mol. The van der Waals surface area contributed by atoms with Gasteiger partial charge in [0.2, 0.25) is 5.88 Å². The number of aromatic nitrogens is 3. The number of ether oxygens (including phenoxy) is 1. The molecular formula is C20H23N3O. The Morgan fingerprint density at radius 3 is 2.54 bits per heavy atom. The van der Waals surface area contributed by atoms with Crippen LogP contribution in [0.2, 0.25) is 0 Å². The van der Waals surface area contributed by atoms with E-state index in [2.05, 4.69) is 31.0 Å². The second-order valence-electron chi connectivity index (χ2n) is 6.79. The maximum atomic E-state index is 5.49. The predicted octanol–water partition coefficient (Wildman–Crippen LogP) is 4.02. The number of aryl methyl sites for hydroxylation is 3. The molecule has 4 heteroatoms. The number of pyridine rings is 2. The normalized spacial score (nSPS) is 14.3. The summed E-state index contributed by atoms with van der Waals surface area (Å²) in [6, 6.07) is 6.46. The molecule has 1 fully saturated rings. The summed E-state index contributed by atoms with van der Waals surface area (Å²) in [6.07, 6.45) is 8.45. The molecule has 1 aliphatic carbocycles. The number of hydrogen-bond donors (Lipinski definition) is 0. The van der Waals surface area contributed by atoms with E-state index in [0.29, 0.717) is 5.92 Å². The maximum Gasteiger partial charge on any atom is 0.214 e. The number of methoxy groups -OCH3 is 1. The smallest absolute Gasteiger partial charge is 0.214 e. The standard InChI is InChI=1S/C20H23N3O/c1-13-11-21-12-14(2)17(13)8-6-16-7-9-20(24-3)23-19(16)10-18(22-23)15-4-5-15/h7,9-12,15H,4-6,8H2,1-3H3. The highest BCUT2D eigenvalue weighted by molar-refractivity contribution is 5.58. The van der Waals surface area contributed by atoms with Crippen LogP contribution in [0.1, 0.15) is 46.7 Å². The second kappa shape index (κ2) is 5.93. The SMILES string of the molecule is COc1ccc(CCc2c(C)cncc2C)c2cc(C3CC3)nn12. The molecule has 0 bridgehead atoms. The van der Waals surface area contributed by atoms with E-state index in [1.54, 1.807) is 7.11 Å². The molecular weight excluding hydrogens is 298 g/mol. The Morgan fingerprint density at radius 2 is 1.88 bits per heavy atom. The molecule has 0 radical (unpaired) electrons. The first-order valence-corrected chi connectivity index (χ1v) is 8.63. The van der Waals surface area contributed by atoms with Crippen LogP contribution < -0.4 is 4.74 Å². The summed E-state index contributed by atoms with van der Waals surface area (Å²) >= 11 is 0. The lowest BCUT2D eigenvalue weighted by Crippen LogP contribution is -2.02. The summed E-state index contributed by atoms with van der Waals surface area (Å²) in [7, 11) is 1.70. The molecule has 0 saturated heterocycles. The van der Waals surface area contributed by atoms with Crippen molar-refractivity contribution in [2.45, 2.75) is 45.4 Å². The van der Waals surface area contributed by atoms with Gasteiger partial charge < -0.3 is 4.74 Å². The molecule has 124 valence electrons. The molecule has 0 atom stereocenters. The minimum atomic E-state index is 0.646. The van der Waals surface area contributed by atoms with E-state index in [1.165, 1.54) is 46.3 Å². The molecule has 3 aromatic rings. The lowest BCUT2D eigenvalue weighted by Gasteiger charge is -2.11. The number of fused-ring (bicyclic) bond motifs is 1. The first kappa shape index (κ1) is 15.2. The summed E-state index contributed by atoms with van der Waals surface area (Å²) in [5.74, 6) is 1.45. The van der Waals surface area contributed by atoms with Gasteiger partial charge in [0, 0.05) is 24.4 Å². The van der Waals surface area contributed by atoms with E-state index in [0.717, 1.165) is 18.7 Å². The second-order valence-corrected chi connectivity index (χ2v) is 6.79. The zero-order valence-corrected chi connectivity index (χ0v) is 14.5. The average molecular weight is 321 g/mol. The highest BCUT2D eigenvalue weighted by atomic mass is 16.5. The van der Waals surface area contributed by atoms with E-state index in [1.807, 2.05) is 23.0 Å². The summed E-state index contributed by atoms with van der Waals surface area (Å²) in [5, 5.41) is 4.78. The quantitative estimate of drug-likeness (QED) is 0.712. The van der Waals surface area contributed by atoms with Crippen LogP contribution in [0, 0.1) is 13.8 Å². The van der Waals surface area contributed by atoms with Crippen molar-refractivity contribution in [2.75, 3.05) is 7.11 Å². The van der Waals surface area contributed by atoms with E-state index in [4.69, 9.17) is 9.84 Å². The fraction of sp³-hybridized carbons (Fsp3) is 0.400. The van der Waals surface area contributed by atoms with Crippen LogP contribution in [-0.2, 0) is 12.8 Å². The van der Waals surface area contributed by atoms with Gasteiger partial charge >= 0.3 is 0 Å². The molecule has 0 amide bonds. The van der Waals surface area contributed by atoms with E-state index in [9.17, 15) is 0 Å². The van der Waals surface area contributed by atoms with Gasteiger partial charge in [-0.2, -0.15) is 5.10 Å². The molecule has 0 aromatic carbocycles. The van der Waals surface area contributed by atoms with Gasteiger partial charge in [-0.1, -0.05) is 6.07 Å². The van der Waals surface area contributed by atoms with Crippen LogP contribution in [-0.4, -0.2) is 21.7 Å². The van der Waals surface area contributed by atoms with Gasteiger partial charge in [-0.3, -0.25) is 4.98 Å². The van der Waals surface area contributed by atoms with E-state index in [-0.39, 0.29) is 0 Å². The Morgan fingerprint density at radius 1 is 1.12 bits per heavy atom. The summed E-state index contributed by atoms with van der Waals surface area (Å²) in [5.41, 5.74) is 7.66. The molecule has 4 rings (SSSR count). The van der Waals surface area contributed by atoms with Crippen LogP contribution >= 0.6 is 0 Å². The Hall–Kier alpha value is -2.36. The minimum Gasteiger partial charge on any atom is -0.481 e. The van der Waals surface area contributed by atoms with Crippen molar-refractivity contribution in [1.29, 1.82) is 0 Å². The lowest BCUT2D eigenvalue weighted by molar-refractivity contribution is 0.385. The van der Waals surface area contributed by atoms with Gasteiger partial charge in [0.25, 0.3) is 0 Å². The molecule has 0 N–H and O–H groups in total. The largest absolute Gasteiger partial charge is 0.481 e. The van der Waals surface area contributed by atoms with E-state index < -0.39 is 0 Å². The number of nitrogens with zero attached hydrogens (tertiary/aromatic N) is 3. The molecule has 3 heterocycles. The third-order valence-electron chi connectivity index (χ3n) is 5.03. The van der Waals surface area contributed by atoms with Gasteiger partial charge in [-0.05, 0) is 67.9 Å². The molecule has 4 nitrogen and oxygen atoms in total. The number of rotatable bonds is 5. The minimum absolute atomic E-state index is 0.646. The zero-order valence-electron chi connectivity index (χ0n) is 14.5. The van der Waals surface area contributed by atoms with Crippen molar-refractivity contribution in [3.8, 4) is 5.88 Å². The molecule has 1 saturated carbocycles. The van der Waals surface area contributed by atoms with Gasteiger partial charge in [-0.25, -0.2) is 4.52 Å². The first-order valence-electron chi connectivity index (χ1n) is 8.63. The highest BCUT2D eigenvalue weighted by Gasteiger charge is 2.27. The third-order valence-corrected chi connectivity index (χ3v) is 5.03. The molecule has 0 aliphatic heterocycles. The molecule has 0 unspecified atom stereocenters. The van der Waals surface area contributed by atoms with Crippen LogP contribution in [0.15, 0.2) is 30.6 Å². The van der Waals surface area contributed by atoms with Crippen LogP contribution in [0.3, 0.4) is 0 Å². The van der Waals surface area contributed by atoms with Gasteiger partial charge in [-0.15, -0.1) is 0 Å². The van der Waals surface area contributed by atoms with Gasteiger partial charge in [0.1, 0.15) is 0 Å². The predicted molar refractivity (Wildman–Crippen MR) is 94.8 cm³/mol. The van der Waals surface area contributed by atoms with Crippen molar-refractivity contribution >= 4 is 5.52 Å². The summed E-state index contributed by atoms with van der Waals surface area (Å²) < 4.78 is 7.46. The zero-order chi connectivity index (χ0) is 16.7. The van der Waals surface area contributed by atoms with Crippen molar-refractivity contribution in [1.82, 2.24) is 14.6 Å². The molecule has 3 aromatic heterocycles. The highest BCUT2D eigenvalue weighted by Crippen LogP contribution is 2.40. The topological polar surface area (TPSA) is 39.4 Å². The third kappa shape index (κ3) is 2.66. The first-order chi connectivity index (χ1) is 11.7. The fourth-order valence-electron chi connectivity index (χ4n) is 3.45. The van der Waals surface area contributed by atoms with Crippen molar-refractivity contribution in [2.24, 2.45) is 0 Å². The molecule has 24 heavy (non-hydrogen) atoms. The number of hydrogen-bond acceptors (Lipinski definition) is 3. The van der Waals surface area contributed by atoms with Gasteiger partial charge in [0.05, 0.1) is 18.3 Å². The Balaban J connectivity index is 1.69. The lowest BCUT2D eigenvalue weighted by atomic mass is 9.98. The van der Waals surface area contributed by atoms with Gasteiger partial charge in [0.15, 0.2) is 0 Å².